The molecule has 1 saturated heterocycles. The smallest absolute Gasteiger partial charge is 0.156 e. The van der Waals surface area contributed by atoms with Crippen molar-refractivity contribution >= 4 is 0 Å². The highest BCUT2D eigenvalue weighted by Crippen LogP contribution is 2.43. The van der Waals surface area contributed by atoms with Gasteiger partial charge in [0.15, 0.2) is 5.67 Å². The summed E-state index contributed by atoms with van der Waals surface area (Å²) >= 11 is 0. The van der Waals surface area contributed by atoms with Gasteiger partial charge in [0.25, 0.3) is 0 Å². The molecule has 1 aliphatic rings. The Morgan fingerprint density at radius 2 is 1.88 bits per heavy atom. The molecule has 1 unspecified atom stereocenters. The molecule has 0 aliphatic carbocycles. The average molecular weight is 225 g/mol. The van der Waals surface area contributed by atoms with E-state index in [-0.39, 0.29) is 0 Å². The molecule has 4 heteroatoms. The molecule has 0 aromatic heterocycles. The molecule has 88 valence electrons. The second-order valence-electron chi connectivity index (χ2n) is 3.93. The van der Waals surface area contributed by atoms with Crippen LogP contribution in [0.5, 0.6) is 11.5 Å². The largest absolute Gasteiger partial charge is 0.496 e. The van der Waals surface area contributed by atoms with Gasteiger partial charge in [0.2, 0.25) is 0 Å². The summed E-state index contributed by atoms with van der Waals surface area (Å²) in [6, 6.07) is 5.32. The lowest BCUT2D eigenvalue weighted by molar-refractivity contribution is 0.180. The fraction of sp³-hybridized carbons (Fsp3) is 0.500. The lowest BCUT2D eigenvalue weighted by Crippen LogP contribution is -2.24. The molecule has 1 aromatic carbocycles. The number of nitrogens with one attached hydrogen (secondary N) is 1. The van der Waals surface area contributed by atoms with Crippen LogP contribution in [0.3, 0.4) is 0 Å². The Morgan fingerprint density at radius 1 is 1.25 bits per heavy atom. The molecule has 2 rings (SSSR count). The molecule has 0 bridgehead atoms. The van der Waals surface area contributed by atoms with Crippen LogP contribution in [0.25, 0.3) is 0 Å². The first-order chi connectivity index (χ1) is 7.71. The van der Waals surface area contributed by atoms with E-state index in [9.17, 15) is 4.39 Å². The fourth-order valence-electron chi connectivity index (χ4n) is 2.17. The lowest BCUT2D eigenvalue weighted by atomic mass is 9.93. The van der Waals surface area contributed by atoms with Gasteiger partial charge in [-0.2, -0.15) is 0 Å². The van der Waals surface area contributed by atoms with E-state index in [2.05, 4.69) is 5.32 Å². The minimum atomic E-state index is -1.39. The van der Waals surface area contributed by atoms with Gasteiger partial charge in [-0.25, -0.2) is 4.39 Å². The van der Waals surface area contributed by atoms with Gasteiger partial charge in [-0.1, -0.05) is 6.07 Å². The van der Waals surface area contributed by atoms with E-state index in [0.717, 1.165) is 0 Å². The molecule has 1 heterocycles. The van der Waals surface area contributed by atoms with Crippen molar-refractivity contribution in [3.63, 3.8) is 0 Å². The van der Waals surface area contributed by atoms with Crippen LogP contribution >= 0.6 is 0 Å². The van der Waals surface area contributed by atoms with Gasteiger partial charge in [0.1, 0.15) is 11.5 Å². The SMILES string of the molecule is COc1cccc(OC)c1C1(F)CCNC1. The molecule has 1 N–H and O–H groups in total. The van der Waals surface area contributed by atoms with Crippen molar-refractivity contribution in [3.8, 4) is 11.5 Å². The third-order valence-corrected chi connectivity index (χ3v) is 2.98. The van der Waals surface area contributed by atoms with E-state index in [1.54, 1.807) is 32.4 Å². The number of halogens is 1. The first-order valence-electron chi connectivity index (χ1n) is 5.32. The lowest BCUT2D eigenvalue weighted by Gasteiger charge is -2.23. The zero-order valence-electron chi connectivity index (χ0n) is 9.55. The zero-order valence-corrected chi connectivity index (χ0v) is 9.55. The molecule has 0 saturated carbocycles. The van der Waals surface area contributed by atoms with Crippen LogP contribution in [-0.2, 0) is 5.67 Å². The van der Waals surface area contributed by atoms with Crippen molar-refractivity contribution in [3.05, 3.63) is 23.8 Å². The van der Waals surface area contributed by atoms with Crippen LogP contribution in [0, 0.1) is 0 Å². The number of rotatable bonds is 3. The molecule has 1 fully saturated rings. The minimum Gasteiger partial charge on any atom is -0.496 e. The Bertz CT molecular complexity index is 353. The standard InChI is InChI=1S/C12H16FNO2/c1-15-9-4-3-5-10(16-2)11(9)12(13)6-7-14-8-12/h3-5,14H,6-8H2,1-2H3. The van der Waals surface area contributed by atoms with Crippen molar-refractivity contribution in [1.82, 2.24) is 5.32 Å². The van der Waals surface area contributed by atoms with Crippen molar-refractivity contribution in [2.45, 2.75) is 12.1 Å². The highest BCUT2D eigenvalue weighted by atomic mass is 19.1. The number of benzene rings is 1. The first-order valence-corrected chi connectivity index (χ1v) is 5.32. The maximum absolute atomic E-state index is 14.7. The van der Waals surface area contributed by atoms with Gasteiger partial charge in [0.05, 0.1) is 19.8 Å². The molecule has 0 radical (unpaired) electrons. The predicted octanol–water partition coefficient (Wildman–Crippen LogP) is 1.86. The van der Waals surface area contributed by atoms with E-state index in [0.29, 0.717) is 36.6 Å². The Balaban J connectivity index is 2.51. The maximum Gasteiger partial charge on any atom is 0.156 e. The van der Waals surface area contributed by atoms with Gasteiger partial charge in [-0.3, -0.25) is 0 Å². The summed E-state index contributed by atoms with van der Waals surface area (Å²) < 4.78 is 25.2. The summed E-state index contributed by atoms with van der Waals surface area (Å²) in [5.41, 5.74) is -0.872. The molecule has 1 aromatic rings. The summed E-state index contributed by atoms with van der Waals surface area (Å²) in [6.07, 6.45) is 0.448. The van der Waals surface area contributed by atoms with E-state index in [1.807, 2.05) is 0 Å². The Kier molecular flexibility index (Phi) is 3.01. The summed E-state index contributed by atoms with van der Waals surface area (Å²) in [7, 11) is 3.09. The molecule has 1 atom stereocenters. The van der Waals surface area contributed by atoms with Crippen LogP contribution in [0.1, 0.15) is 12.0 Å². The van der Waals surface area contributed by atoms with Crippen molar-refractivity contribution in [1.29, 1.82) is 0 Å². The normalized spacial score (nSPS) is 24.4. The van der Waals surface area contributed by atoms with Gasteiger partial charge in [0, 0.05) is 6.54 Å². The fourth-order valence-corrected chi connectivity index (χ4v) is 2.17. The highest BCUT2D eigenvalue weighted by molar-refractivity contribution is 5.49. The second kappa shape index (κ2) is 4.29. The van der Waals surface area contributed by atoms with Gasteiger partial charge < -0.3 is 14.8 Å². The topological polar surface area (TPSA) is 30.5 Å². The van der Waals surface area contributed by atoms with E-state index in [4.69, 9.17) is 9.47 Å². The summed E-state index contributed by atoms with van der Waals surface area (Å²) in [5.74, 6) is 1.09. The Morgan fingerprint density at radius 3 is 2.31 bits per heavy atom. The van der Waals surface area contributed by atoms with Crippen LogP contribution in [0.2, 0.25) is 0 Å². The summed E-state index contributed by atoms with van der Waals surface area (Å²) in [5, 5.41) is 3.03. The number of alkyl halides is 1. The second-order valence-corrected chi connectivity index (χ2v) is 3.93. The predicted molar refractivity (Wildman–Crippen MR) is 59.8 cm³/mol. The average Bonchev–Trinajstić information content (AvgIpc) is 2.76. The van der Waals surface area contributed by atoms with Crippen molar-refractivity contribution in [2.75, 3.05) is 27.3 Å². The summed E-state index contributed by atoms with van der Waals surface area (Å²) in [4.78, 5) is 0. The highest BCUT2D eigenvalue weighted by Gasteiger charge is 2.40. The molecule has 16 heavy (non-hydrogen) atoms. The maximum atomic E-state index is 14.7. The van der Waals surface area contributed by atoms with Gasteiger partial charge >= 0.3 is 0 Å². The molecular weight excluding hydrogens is 209 g/mol. The molecule has 0 spiro atoms. The van der Waals surface area contributed by atoms with Crippen molar-refractivity contribution in [2.24, 2.45) is 0 Å². The molecule has 1 aliphatic heterocycles. The van der Waals surface area contributed by atoms with Crippen molar-refractivity contribution < 1.29 is 13.9 Å². The van der Waals surface area contributed by atoms with Gasteiger partial charge in [-0.05, 0) is 25.1 Å². The van der Waals surface area contributed by atoms with Crippen LogP contribution in [-0.4, -0.2) is 27.3 Å². The van der Waals surface area contributed by atoms with Gasteiger partial charge in [-0.15, -0.1) is 0 Å². The number of hydrogen-bond donors (Lipinski definition) is 1. The Hall–Kier alpha value is -1.29. The zero-order chi connectivity index (χ0) is 11.6. The molecule has 0 amide bonds. The van der Waals surface area contributed by atoms with Crippen LogP contribution in [0.15, 0.2) is 18.2 Å². The van der Waals surface area contributed by atoms with Crippen LogP contribution < -0.4 is 14.8 Å². The number of methoxy groups -OCH3 is 2. The Labute approximate surface area is 94.6 Å². The number of ether oxygens (including phenoxy) is 2. The first kappa shape index (κ1) is 11.2. The van der Waals surface area contributed by atoms with Crippen LogP contribution in [0.4, 0.5) is 4.39 Å². The van der Waals surface area contributed by atoms with E-state index >= 15 is 0 Å². The van der Waals surface area contributed by atoms with E-state index in [1.165, 1.54) is 0 Å². The van der Waals surface area contributed by atoms with E-state index < -0.39 is 5.67 Å². The monoisotopic (exact) mass is 225 g/mol. The minimum absolute atomic E-state index is 0.309. The molecular formula is C12H16FNO2. The molecule has 3 nitrogen and oxygen atoms in total. The number of hydrogen-bond acceptors (Lipinski definition) is 3. The third-order valence-electron chi connectivity index (χ3n) is 2.98. The third kappa shape index (κ3) is 1.73. The summed E-state index contributed by atoms with van der Waals surface area (Å²) in [6.45, 7) is 0.988. The quantitative estimate of drug-likeness (QED) is 0.851.